The zero-order valence-corrected chi connectivity index (χ0v) is 14.4. The van der Waals surface area contributed by atoms with Crippen LogP contribution in [0.2, 0.25) is 0 Å². The third-order valence-corrected chi connectivity index (χ3v) is 4.74. The Morgan fingerprint density at radius 2 is 2.28 bits per heavy atom. The summed E-state index contributed by atoms with van der Waals surface area (Å²) in [5.74, 6) is 3.04. The summed E-state index contributed by atoms with van der Waals surface area (Å²) in [5.41, 5.74) is 0.879. The number of rotatable bonds is 5. The van der Waals surface area contributed by atoms with Crippen LogP contribution in [0.25, 0.3) is 11.4 Å². The molecular formula is C18H22N6O. The van der Waals surface area contributed by atoms with Crippen molar-refractivity contribution >= 4 is 0 Å². The van der Waals surface area contributed by atoms with Crippen LogP contribution < -0.4 is 0 Å². The third kappa shape index (κ3) is 3.76. The minimum absolute atomic E-state index is 0.602. The smallest absolute Gasteiger partial charge is 0.241 e. The van der Waals surface area contributed by atoms with Crippen molar-refractivity contribution in [1.29, 1.82) is 0 Å². The van der Waals surface area contributed by atoms with Crippen molar-refractivity contribution in [3.63, 3.8) is 0 Å². The number of imidazole rings is 1. The summed E-state index contributed by atoms with van der Waals surface area (Å²) in [7, 11) is 2.06. The maximum absolute atomic E-state index is 5.44. The highest BCUT2D eigenvalue weighted by Gasteiger charge is 2.23. The lowest BCUT2D eigenvalue weighted by Gasteiger charge is -2.31. The van der Waals surface area contributed by atoms with Crippen LogP contribution in [0, 0.1) is 5.92 Å². The molecule has 130 valence electrons. The van der Waals surface area contributed by atoms with E-state index in [9.17, 15) is 0 Å². The fraction of sp³-hybridized carbons (Fsp3) is 0.444. The number of hydrogen-bond donors (Lipinski definition) is 0. The molecule has 0 N–H and O–H groups in total. The first-order valence-electron chi connectivity index (χ1n) is 8.69. The standard InChI is InChI=1S/C18H22N6O/c1-23-9-7-20-16(23)10-14-4-3-8-24(12-14)13-17-21-18(22-25-17)15-5-2-6-19-11-15/h2,5-7,9,11,14H,3-4,8,10,12-13H2,1H3. The first-order valence-corrected chi connectivity index (χ1v) is 8.69. The molecule has 0 spiro atoms. The molecule has 7 nitrogen and oxygen atoms in total. The molecular weight excluding hydrogens is 316 g/mol. The summed E-state index contributed by atoms with van der Waals surface area (Å²) < 4.78 is 7.54. The Balaban J connectivity index is 1.38. The van der Waals surface area contributed by atoms with E-state index in [1.807, 2.05) is 24.5 Å². The Bertz CT molecular complexity index is 812. The number of nitrogens with zero attached hydrogens (tertiary/aromatic N) is 6. The molecule has 1 atom stereocenters. The second kappa shape index (κ2) is 7.14. The highest BCUT2D eigenvalue weighted by molar-refractivity contribution is 5.51. The summed E-state index contributed by atoms with van der Waals surface area (Å²) in [6.45, 7) is 2.81. The molecule has 1 aliphatic rings. The lowest BCUT2D eigenvalue weighted by molar-refractivity contribution is 0.148. The van der Waals surface area contributed by atoms with Crippen LogP contribution in [-0.2, 0) is 20.0 Å². The summed E-state index contributed by atoms with van der Waals surface area (Å²) in [5, 5.41) is 4.08. The molecule has 1 saturated heterocycles. The van der Waals surface area contributed by atoms with E-state index in [4.69, 9.17) is 4.52 Å². The first-order chi connectivity index (χ1) is 12.3. The molecule has 25 heavy (non-hydrogen) atoms. The maximum atomic E-state index is 5.44. The molecule has 0 amide bonds. The molecule has 4 heterocycles. The van der Waals surface area contributed by atoms with Gasteiger partial charge in [-0.3, -0.25) is 9.88 Å². The van der Waals surface area contributed by atoms with Crippen LogP contribution in [0.1, 0.15) is 24.6 Å². The van der Waals surface area contributed by atoms with Crippen LogP contribution in [0.5, 0.6) is 0 Å². The van der Waals surface area contributed by atoms with E-state index in [0.29, 0.717) is 24.2 Å². The predicted octanol–water partition coefficient (Wildman–Crippen LogP) is 2.32. The Morgan fingerprint density at radius 1 is 1.32 bits per heavy atom. The van der Waals surface area contributed by atoms with E-state index in [1.165, 1.54) is 12.8 Å². The van der Waals surface area contributed by atoms with Crippen molar-refractivity contribution in [2.75, 3.05) is 13.1 Å². The van der Waals surface area contributed by atoms with Crippen molar-refractivity contribution in [2.24, 2.45) is 13.0 Å². The highest BCUT2D eigenvalue weighted by atomic mass is 16.5. The molecule has 1 aliphatic heterocycles. The van der Waals surface area contributed by atoms with E-state index in [2.05, 4.69) is 36.6 Å². The molecule has 7 heteroatoms. The van der Waals surface area contributed by atoms with Crippen molar-refractivity contribution < 1.29 is 4.52 Å². The summed E-state index contributed by atoms with van der Waals surface area (Å²) in [4.78, 5) is 15.5. The molecule has 1 fully saturated rings. The average molecular weight is 338 g/mol. The number of aromatic nitrogens is 5. The topological polar surface area (TPSA) is 72.9 Å². The van der Waals surface area contributed by atoms with Crippen LogP contribution in [-0.4, -0.2) is 42.7 Å². The van der Waals surface area contributed by atoms with E-state index in [0.717, 1.165) is 30.9 Å². The van der Waals surface area contributed by atoms with Crippen LogP contribution in [0.4, 0.5) is 0 Å². The van der Waals surface area contributed by atoms with Gasteiger partial charge in [-0.1, -0.05) is 5.16 Å². The van der Waals surface area contributed by atoms with Gasteiger partial charge in [0.15, 0.2) is 0 Å². The SMILES string of the molecule is Cn1ccnc1CC1CCCN(Cc2nc(-c3cccnc3)no2)C1. The van der Waals surface area contributed by atoms with Crippen LogP contribution >= 0.6 is 0 Å². The fourth-order valence-corrected chi connectivity index (χ4v) is 3.44. The molecule has 3 aromatic heterocycles. The molecule has 0 aromatic carbocycles. The number of hydrogen-bond acceptors (Lipinski definition) is 6. The van der Waals surface area contributed by atoms with Crippen molar-refractivity contribution in [3.8, 4) is 11.4 Å². The molecule has 3 aromatic rings. The van der Waals surface area contributed by atoms with Gasteiger partial charge in [0.05, 0.1) is 6.54 Å². The van der Waals surface area contributed by atoms with E-state index in [1.54, 1.807) is 12.4 Å². The monoisotopic (exact) mass is 338 g/mol. The quantitative estimate of drug-likeness (QED) is 0.711. The normalized spacial score (nSPS) is 18.5. The molecule has 1 unspecified atom stereocenters. The Kier molecular flexibility index (Phi) is 4.56. The lowest BCUT2D eigenvalue weighted by Crippen LogP contribution is -2.36. The number of piperidine rings is 1. The first kappa shape index (κ1) is 16.0. The van der Waals surface area contributed by atoms with Gasteiger partial charge in [-0.05, 0) is 37.4 Å². The number of pyridine rings is 1. The Morgan fingerprint density at radius 3 is 3.08 bits per heavy atom. The minimum Gasteiger partial charge on any atom is -0.338 e. The largest absolute Gasteiger partial charge is 0.338 e. The highest BCUT2D eigenvalue weighted by Crippen LogP contribution is 2.22. The van der Waals surface area contributed by atoms with Gasteiger partial charge in [-0.25, -0.2) is 4.98 Å². The fourth-order valence-electron chi connectivity index (χ4n) is 3.44. The van der Waals surface area contributed by atoms with Crippen LogP contribution in [0.3, 0.4) is 0 Å². The molecule has 0 radical (unpaired) electrons. The second-order valence-electron chi connectivity index (χ2n) is 6.66. The summed E-state index contributed by atoms with van der Waals surface area (Å²) in [6, 6.07) is 3.81. The molecule has 0 aliphatic carbocycles. The zero-order valence-electron chi connectivity index (χ0n) is 14.4. The Hall–Kier alpha value is -2.54. The van der Waals surface area contributed by atoms with Gasteiger partial charge < -0.3 is 9.09 Å². The Labute approximate surface area is 146 Å². The lowest BCUT2D eigenvalue weighted by atomic mass is 9.94. The van der Waals surface area contributed by atoms with E-state index < -0.39 is 0 Å². The number of likely N-dealkylation sites (tertiary alicyclic amines) is 1. The van der Waals surface area contributed by atoms with Crippen LogP contribution in [0.15, 0.2) is 41.4 Å². The van der Waals surface area contributed by atoms with Crippen molar-refractivity contribution in [1.82, 2.24) is 29.6 Å². The summed E-state index contributed by atoms with van der Waals surface area (Å²) >= 11 is 0. The summed E-state index contributed by atoms with van der Waals surface area (Å²) in [6.07, 6.45) is 10.8. The van der Waals surface area contributed by atoms with E-state index in [-0.39, 0.29) is 0 Å². The molecule has 0 saturated carbocycles. The zero-order chi connectivity index (χ0) is 17.1. The second-order valence-corrected chi connectivity index (χ2v) is 6.66. The maximum Gasteiger partial charge on any atom is 0.241 e. The van der Waals surface area contributed by atoms with Gasteiger partial charge in [0.1, 0.15) is 5.82 Å². The van der Waals surface area contributed by atoms with Gasteiger partial charge in [-0.2, -0.15) is 4.98 Å². The number of aryl methyl sites for hydroxylation is 1. The predicted molar refractivity (Wildman–Crippen MR) is 92.4 cm³/mol. The van der Waals surface area contributed by atoms with Gasteiger partial charge in [0, 0.05) is 50.4 Å². The average Bonchev–Trinajstić information content (AvgIpc) is 3.26. The van der Waals surface area contributed by atoms with E-state index >= 15 is 0 Å². The van der Waals surface area contributed by atoms with Crippen molar-refractivity contribution in [2.45, 2.75) is 25.8 Å². The molecule has 4 rings (SSSR count). The van der Waals surface area contributed by atoms with Gasteiger partial charge >= 0.3 is 0 Å². The van der Waals surface area contributed by atoms with Gasteiger partial charge in [-0.15, -0.1) is 0 Å². The third-order valence-electron chi connectivity index (χ3n) is 4.74. The van der Waals surface area contributed by atoms with Gasteiger partial charge in [0.25, 0.3) is 0 Å². The van der Waals surface area contributed by atoms with Gasteiger partial charge in [0.2, 0.25) is 11.7 Å². The minimum atomic E-state index is 0.602. The molecule has 0 bridgehead atoms. The van der Waals surface area contributed by atoms with Crippen molar-refractivity contribution in [3.05, 3.63) is 48.6 Å².